The molecule has 184 valence electrons. The number of aliphatic carboxylic acids is 1. The van der Waals surface area contributed by atoms with Gasteiger partial charge in [-0.2, -0.15) is 18.3 Å². The molecular formula is C23H19F3N2O5S2. The number of hydrogen-bond donors (Lipinski definition) is 3. The topological polar surface area (TPSA) is 116 Å². The molecule has 0 aliphatic heterocycles. The molecule has 0 bridgehead atoms. The number of hydrazone groups is 1. The van der Waals surface area contributed by atoms with E-state index in [1.165, 1.54) is 24.3 Å². The maximum absolute atomic E-state index is 12.8. The van der Waals surface area contributed by atoms with Crippen molar-refractivity contribution in [1.29, 1.82) is 0 Å². The molecule has 0 atom stereocenters. The van der Waals surface area contributed by atoms with Crippen LogP contribution in [0.1, 0.15) is 56.7 Å². The first-order valence-corrected chi connectivity index (χ1v) is 11.8. The van der Waals surface area contributed by atoms with E-state index in [-0.39, 0.29) is 41.4 Å². The summed E-state index contributed by atoms with van der Waals surface area (Å²) in [7, 11) is 0. The summed E-state index contributed by atoms with van der Waals surface area (Å²) in [4.78, 5) is 36.0. The fourth-order valence-electron chi connectivity index (χ4n) is 3.01. The lowest BCUT2D eigenvalue weighted by atomic mass is 10.1. The van der Waals surface area contributed by atoms with Crippen LogP contribution in [0.15, 0.2) is 46.9 Å². The minimum Gasteiger partial charge on any atom is -0.506 e. The van der Waals surface area contributed by atoms with Gasteiger partial charge in [0.1, 0.15) is 5.75 Å². The minimum absolute atomic E-state index is 0.0594. The van der Waals surface area contributed by atoms with Gasteiger partial charge in [0.05, 0.1) is 31.5 Å². The average Bonchev–Trinajstić information content (AvgIpc) is 3.44. The first kappa shape index (κ1) is 26.1. The van der Waals surface area contributed by atoms with Crippen molar-refractivity contribution in [2.24, 2.45) is 5.10 Å². The molecule has 0 aliphatic carbocycles. The van der Waals surface area contributed by atoms with Crippen LogP contribution in [0.5, 0.6) is 5.75 Å². The zero-order valence-electron chi connectivity index (χ0n) is 18.2. The van der Waals surface area contributed by atoms with Gasteiger partial charge in [0.2, 0.25) is 0 Å². The number of rotatable bonds is 9. The number of carboxylic acid groups (broad SMARTS) is 1. The average molecular weight is 525 g/mol. The molecule has 0 aliphatic rings. The first-order valence-electron chi connectivity index (χ1n) is 10.1. The minimum atomic E-state index is -4.46. The molecule has 3 aromatic rings. The molecule has 0 saturated carbocycles. The van der Waals surface area contributed by atoms with Crippen LogP contribution < -0.4 is 5.43 Å². The number of aromatic hydroxyl groups is 1. The summed E-state index contributed by atoms with van der Waals surface area (Å²) < 4.78 is 38.3. The van der Waals surface area contributed by atoms with Crippen molar-refractivity contribution >= 4 is 46.0 Å². The van der Waals surface area contributed by atoms with E-state index in [2.05, 4.69) is 10.5 Å². The Morgan fingerprint density at radius 1 is 1.03 bits per heavy atom. The van der Waals surface area contributed by atoms with Crippen molar-refractivity contribution < 1.29 is 37.8 Å². The number of amides is 1. The monoisotopic (exact) mass is 524 g/mol. The summed E-state index contributed by atoms with van der Waals surface area (Å²) in [6.45, 7) is 1.55. The normalized spacial score (nSPS) is 11.9. The number of ketones is 1. The molecule has 2 heterocycles. The van der Waals surface area contributed by atoms with Gasteiger partial charge in [0.25, 0.3) is 5.91 Å². The number of benzene rings is 1. The lowest BCUT2D eigenvalue weighted by Gasteiger charge is -2.07. The van der Waals surface area contributed by atoms with Gasteiger partial charge in [-0.3, -0.25) is 14.4 Å². The van der Waals surface area contributed by atoms with Crippen LogP contribution in [-0.4, -0.2) is 33.6 Å². The fourth-order valence-corrected chi connectivity index (χ4v) is 4.88. The predicted octanol–water partition coefficient (Wildman–Crippen LogP) is 5.79. The number of carbonyl (C=O) groups is 3. The van der Waals surface area contributed by atoms with Crippen molar-refractivity contribution in [3.05, 3.63) is 62.7 Å². The number of nitrogens with zero attached hydrogens (tertiary/aromatic N) is 1. The third kappa shape index (κ3) is 6.55. The van der Waals surface area contributed by atoms with E-state index in [1.54, 1.807) is 12.3 Å². The molecule has 3 N–H and O–H groups in total. The van der Waals surface area contributed by atoms with Crippen LogP contribution in [0.4, 0.5) is 13.2 Å². The number of Topliss-reactive ketones (excluding diaryl/α,β-unsaturated/α-hetero) is 1. The number of carbonyl (C=O) groups excluding carboxylic acids is 2. The number of thiophene rings is 2. The summed E-state index contributed by atoms with van der Waals surface area (Å²) >= 11 is 2.08. The number of carboxylic acids is 1. The number of alkyl halides is 3. The summed E-state index contributed by atoms with van der Waals surface area (Å²) in [6.07, 6.45) is -4.31. The molecule has 1 amide bonds. The van der Waals surface area contributed by atoms with Crippen LogP contribution >= 0.6 is 22.7 Å². The summed E-state index contributed by atoms with van der Waals surface area (Å²) in [5.74, 6) is -1.98. The second-order valence-electron chi connectivity index (χ2n) is 7.37. The molecule has 0 saturated heterocycles. The van der Waals surface area contributed by atoms with Gasteiger partial charge in [-0.25, -0.2) is 5.43 Å². The lowest BCUT2D eigenvalue weighted by Crippen LogP contribution is -2.18. The van der Waals surface area contributed by atoms with Crippen LogP contribution in [0.3, 0.4) is 0 Å². The molecule has 35 heavy (non-hydrogen) atoms. The zero-order valence-corrected chi connectivity index (χ0v) is 19.8. The van der Waals surface area contributed by atoms with Crippen LogP contribution in [0, 0.1) is 0 Å². The maximum Gasteiger partial charge on any atom is 0.416 e. The first-order chi connectivity index (χ1) is 16.5. The molecule has 1 aromatic carbocycles. The van der Waals surface area contributed by atoms with Crippen LogP contribution in [-0.2, 0) is 11.0 Å². The Kier molecular flexibility index (Phi) is 8.07. The third-order valence-corrected chi connectivity index (χ3v) is 7.00. The molecule has 0 radical (unpaired) electrons. The molecule has 0 unspecified atom stereocenters. The zero-order chi connectivity index (χ0) is 25.8. The Morgan fingerprint density at radius 3 is 2.31 bits per heavy atom. The van der Waals surface area contributed by atoms with Crippen LogP contribution in [0.25, 0.3) is 10.4 Å². The van der Waals surface area contributed by atoms with Crippen LogP contribution in [0.2, 0.25) is 0 Å². The van der Waals surface area contributed by atoms with Gasteiger partial charge < -0.3 is 10.2 Å². The van der Waals surface area contributed by atoms with Gasteiger partial charge in [0, 0.05) is 18.2 Å². The molecule has 7 nitrogen and oxygen atoms in total. The molecule has 0 fully saturated rings. The number of nitrogens with one attached hydrogen (secondary N) is 1. The Bertz CT molecular complexity index is 1280. The highest BCUT2D eigenvalue weighted by Crippen LogP contribution is 2.40. The summed E-state index contributed by atoms with van der Waals surface area (Å²) in [5.41, 5.74) is 2.54. The summed E-state index contributed by atoms with van der Waals surface area (Å²) in [6, 6.07) is 7.34. The predicted molar refractivity (Wildman–Crippen MR) is 126 cm³/mol. The van der Waals surface area contributed by atoms with Gasteiger partial charge in [-0.1, -0.05) is 12.1 Å². The quantitative estimate of drug-likeness (QED) is 0.186. The van der Waals surface area contributed by atoms with Gasteiger partial charge in [-0.15, -0.1) is 22.7 Å². The second kappa shape index (κ2) is 10.8. The standard InChI is InChI=1S/C23H19F3N2O5S2/c1-12(15-11-34-21(20(15)32)13-5-7-14(8-6-13)23(24,25)26)27-28-22(33)18-10-9-17(35-18)16(29)3-2-4-19(30)31/h5-11,32H,2-4H2,1H3,(H,28,33)(H,30,31)/b27-12+. The van der Waals surface area contributed by atoms with Crippen molar-refractivity contribution in [3.8, 4) is 16.2 Å². The van der Waals surface area contributed by atoms with E-state index in [9.17, 15) is 32.7 Å². The Hall–Kier alpha value is -3.51. The fraction of sp³-hybridized carbons (Fsp3) is 0.217. The van der Waals surface area contributed by atoms with Crippen molar-refractivity contribution in [2.75, 3.05) is 0 Å². The Labute approximate surface area is 205 Å². The number of hydrogen-bond acceptors (Lipinski definition) is 7. The summed E-state index contributed by atoms with van der Waals surface area (Å²) in [5, 5.41) is 24.8. The smallest absolute Gasteiger partial charge is 0.416 e. The van der Waals surface area contributed by atoms with Crippen molar-refractivity contribution in [2.45, 2.75) is 32.4 Å². The largest absolute Gasteiger partial charge is 0.506 e. The van der Waals surface area contributed by atoms with Gasteiger partial charge in [-0.05, 0) is 43.2 Å². The molecule has 3 rings (SSSR count). The highest BCUT2D eigenvalue weighted by molar-refractivity contribution is 7.16. The molecule has 12 heteroatoms. The highest BCUT2D eigenvalue weighted by atomic mass is 32.1. The van der Waals surface area contributed by atoms with Gasteiger partial charge in [0.15, 0.2) is 5.78 Å². The lowest BCUT2D eigenvalue weighted by molar-refractivity contribution is -0.138. The second-order valence-corrected chi connectivity index (χ2v) is 9.34. The SMILES string of the molecule is C/C(=N\NC(=O)c1ccc(C(=O)CCCC(=O)O)s1)c1csc(-c2ccc(C(F)(F)F)cc2)c1O. The maximum atomic E-state index is 12.8. The van der Waals surface area contributed by atoms with E-state index < -0.39 is 23.6 Å². The van der Waals surface area contributed by atoms with E-state index in [0.717, 1.165) is 34.8 Å². The number of halogens is 3. The third-order valence-electron chi connectivity index (χ3n) is 4.85. The van der Waals surface area contributed by atoms with E-state index >= 15 is 0 Å². The van der Waals surface area contributed by atoms with Crippen molar-refractivity contribution in [3.63, 3.8) is 0 Å². The van der Waals surface area contributed by atoms with Crippen molar-refractivity contribution in [1.82, 2.24) is 5.43 Å². The molecule has 2 aromatic heterocycles. The Balaban J connectivity index is 1.66. The Morgan fingerprint density at radius 2 is 1.69 bits per heavy atom. The highest BCUT2D eigenvalue weighted by Gasteiger charge is 2.30. The van der Waals surface area contributed by atoms with E-state index in [4.69, 9.17) is 5.11 Å². The molecule has 0 spiro atoms. The molecular weight excluding hydrogens is 505 g/mol. The van der Waals surface area contributed by atoms with E-state index in [1.807, 2.05) is 0 Å². The van der Waals surface area contributed by atoms with Gasteiger partial charge >= 0.3 is 12.1 Å². The van der Waals surface area contributed by atoms with E-state index in [0.29, 0.717) is 20.9 Å².